The molecule has 2 rings (SSSR count). The van der Waals surface area contributed by atoms with Gasteiger partial charge in [0.1, 0.15) is 0 Å². The van der Waals surface area contributed by atoms with Crippen molar-refractivity contribution in [2.75, 3.05) is 12.2 Å². The summed E-state index contributed by atoms with van der Waals surface area (Å²) in [5.41, 5.74) is 4.55. The smallest absolute Gasteiger partial charge is 0.0695 e. The van der Waals surface area contributed by atoms with Gasteiger partial charge in [-0.3, -0.25) is 4.84 Å². The van der Waals surface area contributed by atoms with Gasteiger partial charge in [0.25, 0.3) is 0 Å². The monoisotopic (exact) mass is 227 g/mol. The van der Waals surface area contributed by atoms with Crippen LogP contribution in [-0.2, 0) is 4.84 Å². The molecule has 0 N–H and O–H groups in total. The van der Waals surface area contributed by atoms with Crippen LogP contribution in [0, 0.1) is 13.8 Å². The van der Waals surface area contributed by atoms with E-state index in [1.165, 1.54) is 11.1 Å². The van der Waals surface area contributed by atoms with E-state index in [1.54, 1.807) is 7.11 Å². The van der Waals surface area contributed by atoms with Crippen LogP contribution < -0.4 is 5.06 Å². The Morgan fingerprint density at radius 1 is 0.706 bits per heavy atom. The normalized spacial score (nSPS) is 10.3. The number of benzene rings is 2. The van der Waals surface area contributed by atoms with E-state index in [0.29, 0.717) is 0 Å². The Labute approximate surface area is 102 Å². The lowest BCUT2D eigenvalue weighted by Gasteiger charge is -2.22. The first kappa shape index (κ1) is 11.7. The molecule has 2 aromatic carbocycles. The number of hydrogen-bond donors (Lipinski definition) is 0. The zero-order valence-electron chi connectivity index (χ0n) is 10.5. The lowest BCUT2D eigenvalue weighted by atomic mass is 10.2. The number of nitrogens with zero attached hydrogens (tertiary/aromatic N) is 1. The minimum Gasteiger partial charge on any atom is -0.272 e. The summed E-state index contributed by atoms with van der Waals surface area (Å²) in [6.45, 7) is 4.15. The van der Waals surface area contributed by atoms with Crippen LogP contribution in [0.3, 0.4) is 0 Å². The quantitative estimate of drug-likeness (QED) is 0.735. The molecule has 0 spiro atoms. The molecule has 0 aliphatic carbocycles. The molecule has 0 saturated carbocycles. The van der Waals surface area contributed by atoms with E-state index in [1.807, 2.05) is 5.06 Å². The highest BCUT2D eigenvalue weighted by Gasteiger charge is 2.07. The Bertz CT molecular complexity index is 428. The van der Waals surface area contributed by atoms with Crippen LogP contribution in [0.4, 0.5) is 11.4 Å². The minimum absolute atomic E-state index is 1.03. The van der Waals surface area contributed by atoms with Crippen LogP contribution in [0.1, 0.15) is 11.1 Å². The molecule has 0 radical (unpaired) electrons. The highest BCUT2D eigenvalue weighted by molar-refractivity contribution is 5.60. The molecule has 17 heavy (non-hydrogen) atoms. The van der Waals surface area contributed by atoms with E-state index >= 15 is 0 Å². The number of anilines is 2. The average Bonchev–Trinajstić information content (AvgIpc) is 2.35. The second kappa shape index (κ2) is 5.02. The van der Waals surface area contributed by atoms with Gasteiger partial charge in [-0.2, -0.15) is 0 Å². The van der Waals surface area contributed by atoms with Crippen LogP contribution in [0.2, 0.25) is 0 Å². The maximum absolute atomic E-state index is 5.44. The van der Waals surface area contributed by atoms with E-state index in [9.17, 15) is 0 Å². The van der Waals surface area contributed by atoms with Gasteiger partial charge in [0.2, 0.25) is 0 Å². The van der Waals surface area contributed by atoms with Crippen molar-refractivity contribution in [3.63, 3.8) is 0 Å². The standard InChI is InChI=1S/C15H17NO/c1-12-4-8-14(9-5-12)16(17-3)15-10-6-13(2)7-11-15/h4-11H,1-3H3. The lowest BCUT2D eigenvalue weighted by molar-refractivity contribution is 0.201. The van der Waals surface area contributed by atoms with Crippen molar-refractivity contribution in [1.29, 1.82) is 0 Å². The molecule has 0 aromatic heterocycles. The summed E-state index contributed by atoms with van der Waals surface area (Å²) >= 11 is 0. The van der Waals surface area contributed by atoms with Crippen LogP contribution in [0.5, 0.6) is 0 Å². The molecule has 0 atom stereocenters. The number of aryl methyl sites for hydroxylation is 2. The van der Waals surface area contributed by atoms with Crippen LogP contribution in [0.15, 0.2) is 48.5 Å². The van der Waals surface area contributed by atoms with Crippen molar-refractivity contribution in [1.82, 2.24) is 0 Å². The summed E-state index contributed by atoms with van der Waals surface area (Å²) in [5, 5.41) is 1.82. The molecule has 0 bridgehead atoms. The van der Waals surface area contributed by atoms with Crippen LogP contribution in [0.25, 0.3) is 0 Å². The Hall–Kier alpha value is -1.80. The molecule has 2 heteroatoms. The van der Waals surface area contributed by atoms with E-state index in [2.05, 4.69) is 62.4 Å². The van der Waals surface area contributed by atoms with E-state index in [0.717, 1.165) is 11.4 Å². The molecule has 0 saturated heterocycles. The Morgan fingerprint density at radius 2 is 1.06 bits per heavy atom. The first-order valence-corrected chi connectivity index (χ1v) is 5.68. The zero-order chi connectivity index (χ0) is 12.3. The molecular formula is C15H17NO. The summed E-state index contributed by atoms with van der Waals surface area (Å²) in [5.74, 6) is 0. The second-order valence-electron chi connectivity index (χ2n) is 4.15. The van der Waals surface area contributed by atoms with Gasteiger partial charge in [0.05, 0.1) is 18.5 Å². The van der Waals surface area contributed by atoms with Gasteiger partial charge in [-0.1, -0.05) is 35.4 Å². The minimum atomic E-state index is 1.03. The molecular weight excluding hydrogens is 210 g/mol. The Morgan fingerprint density at radius 3 is 1.35 bits per heavy atom. The van der Waals surface area contributed by atoms with E-state index in [-0.39, 0.29) is 0 Å². The van der Waals surface area contributed by atoms with Crippen molar-refractivity contribution in [2.24, 2.45) is 0 Å². The van der Waals surface area contributed by atoms with Crippen molar-refractivity contribution in [3.05, 3.63) is 59.7 Å². The topological polar surface area (TPSA) is 12.5 Å². The fraction of sp³-hybridized carbons (Fsp3) is 0.200. The number of hydrogen-bond acceptors (Lipinski definition) is 2. The molecule has 0 heterocycles. The SMILES string of the molecule is CON(c1ccc(C)cc1)c1ccc(C)cc1. The molecule has 2 aromatic rings. The van der Waals surface area contributed by atoms with E-state index in [4.69, 9.17) is 4.84 Å². The molecule has 88 valence electrons. The number of rotatable bonds is 3. The molecule has 0 unspecified atom stereocenters. The third-order valence-electron chi connectivity index (χ3n) is 2.72. The predicted molar refractivity (Wildman–Crippen MR) is 71.5 cm³/mol. The van der Waals surface area contributed by atoms with E-state index < -0.39 is 0 Å². The summed E-state index contributed by atoms with van der Waals surface area (Å²) in [6.07, 6.45) is 0. The molecule has 0 aliphatic heterocycles. The third-order valence-corrected chi connectivity index (χ3v) is 2.72. The highest BCUT2D eigenvalue weighted by atomic mass is 16.7. The molecule has 2 nitrogen and oxygen atoms in total. The predicted octanol–water partition coefficient (Wildman–Crippen LogP) is 4.00. The van der Waals surface area contributed by atoms with Gasteiger partial charge in [0.15, 0.2) is 0 Å². The second-order valence-corrected chi connectivity index (χ2v) is 4.15. The molecule has 0 amide bonds. The molecule has 0 aliphatic rings. The van der Waals surface area contributed by atoms with Gasteiger partial charge in [-0.15, -0.1) is 0 Å². The van der Waals surface area contributed by atoms with Gasteiger partial charge >= 0.3 is 0 Å². The van der Waals surface area contributed by atoms with Gasteiger partial charge < -0.3 is 0 Å². The maximum Gasteiger partial charge on any atom is 0.0695 e. The van der Waals surface area contributed by atoms with Crippen LogP contribution in [-0.4, -0.2) is 7.11 Å². The van der Waals surface area contributed by atoms with Crippen LogP contribution >= 0.6 is 0 Å². The lowest BCUT2D eigenvalue weighted by Crippen LogP contribution is -2.14. The van der Waals surface area contributed by atoms with Gasteiger partial charge in [0, 0.05) is 0 Å². The van der Waals surface area contributed by atoms with Crippen molar-refractivity contribution in [3.8, 4) is 0 Å². The first-order valence-electron chi connectivity index (χ1n) is 5.68. The average molecular weight is 227 g/mol. The largest absolute Gasteiger partial charge is 0.272 e. The zero-order valence-corrected chi connectivity index (χ0v) is 10.5. The van der Waals surface area contributed by atoms with Crippen molar-refractivity contribution >= 4 is 11.4 Å². The molecule has 0 fully saturated rings. The van der Waals surface area contributed by atoms with Gasteiger partial charge in [-0.05, 0) is 38.1 Å². The highest BCUT2D eigenvalue weighted by Crippen LogP contribution is 2.25. The third kappa shape index (κ3) is 2.66. The Kier molecular flexibility index (Phi) is 3.45. The summed E-state index contributed by atoms with van der Waals surface area (Å²) in [4.78, 5) is 5.44. The maximum atomic E-state index is 5.44. The van der Waals surface area contributed by atoms with Gasteiger partial charge in [-0.25, -0.2) is 5.06 Å². The fourth-order valence-electron chi connectivity index (χ4n) is 1.72. The summed E-state index contributed by atoms with van der Waals surface area (Å²) in [6, 6.07) is 16.5. The van der Waals surface area contributed by atoms with Crippen molar-refractivity contribution in [2.45, 2.75) is 13.8 Å². The summed E-state index contributed by atoms with van der Waals surface area (Å²) in [7, 11) is 1.68. The fourth-order valence-corrected chi connectivity index (χ4v) is 1.72. The first-order chi connectivity index (χ1) is 8.20. The van der Waals surface area contributed by atoms with Crippen molar-refractivity contribution < 1.29 is 4.84 Å². The summed E-state index contributed by atoms with van der Waals surface area (Å²) < 4.78 is 0. The Balaban J connectivity index is 2.33.